The summed E-state index contributed by atoms with van der Waals surface area (Å²) in [6.07, 6.45) is 6.22. The summed E-state index contributed by atoms with van der Waals surface area (Å²) in [5.41, 5.74) is 4.18. The number of fused-ring (bicyclic) bond motifs is 1. The number of sulfone groups is 1. The second-order valence-electron chi connectivity index (χ2n) is 9.40. The molecule has 8 nitrogen and oxygen atoms in total. The van der Waals surface area contributed by atoms with Crippen LogP contribution in [0.5, 0.6) is 0 Å². The minimum atomic E-state index is -3.38. The molecule has 2 aliphatic rings. The Morgan fingerprint density at radius 1 is 1.05 bits per heavy atom. The van der Waals surface area contributed by atoms with Gasteiger partial charge < -0.3 is 10.2 Å². The summed E-state index contributed by atoms with van der Waals surface area (Å²) in [7, 11) is -3.38. The number of benzene rings is 2. The van der Waals surface area contributed by atoms with Gasteiger partial charge in [0.1, 0.15) is 5.82 Å². The van der Waals surface area contributed by atoms with E-state index < -0.39 is 15.7 Å². The molecule has 3 heterocycles. The van der Waals surface area contributed by atoms with Crippen molar-refractivity contribution in [3.05, 3.63) is 77.5 Å². The molecule has 3 aromatic rings. The lowest BCUT2D eigenvalue weighted by Crippen LogP contribution is -2.36. The Balaban J connectivity index is 1.44. The summed E-state index contributed by atoms with van der Waals surface area (Å²) < 4.78 is 24.1. The highest BCUT2D eigenvalue weighted by molar-refractivity contribution is 7.90. The molecule has 1 aromatic heterocycles. The van der Waals surface area contributed by atoms with Gasteiger partial charge in [0.15, 0.2) is 9.84 Å². The zero-order chi connectivity index (χ0) is 26.2. The highest BCUT2D eigenvalue weighted by atomic mass is 32.2. The van der Waals surface area contributed by atoms with Gasteiger partial charge >= 0.3 is 0 Å². The molecule has 0 atom stereocenters. The standard InChI is InChI=1S/C28H27N4O4S/c1-18(33)32-14-11-20(12-15-32)19-6-8-23(9-7-19)30-27-26-22(10-13-29-28(26)34)17-25(31-27)21-4-3-5-24(16-21)37(2,35)36/h3-10,13,16-17,20H,11-12,14-15H2,1-2H3,(H,30,31). The number of nitrogens with one attached hydrogen (secondary N) is 1. The van der Waals surface area contributed by atoms with E-state index in [1.54, 1.807) is 43.3 Å². The van der Waals surface area contributed by atoms with E-state index in [-0.39, 0.29) is 10.8 Å². The van der Waals surface area contributed by atoms with Gasteiger partial charge in [0.05, 0.1) is 16.2 Å². The van der Waals surface area contributed by atoms with Crippen LogP contribution in [-0.4, -0.2) is 49.5 Å². The van der Waals surface area contributed by atoms with Gasteiger partial charge in [0, 0.05) is 43.7 Å². The number of carbonyl (C=O) groups is 2. The highest BCUT2D eigenvalue weighted by Crippen LogP contribution is 2.33. The molecule has 1 saturated heterocycles. The smallest absolute Gasteiger partial charge is 0.281 e. The largest absolute Gasteiger partial charge is 0.343 e. The number of hydrogen-bond donors (Lipinski definition) is 1. The number of nitrogens with zero attached hydrogens (tertiary/aromatic N) is 3. The van der Waals surface area contributed by atoms with E-state index in [2.05, 4.69) is 22.8 Å². The first-order valence-electron chi connectivity index (χ1n) is 12.1. The third-order valence-corrected chi connectivity index (χ3v) is 7.96. The zero-order valence-electron chi connectivity index (χ0n) is 20.6. The van der Waals surface area contributed by atoms with Gasteiger partial charge in [0.25, 0.3) is 5.91 Å². The maximum Gasteiger partial charge on any atom is 0.281 e. The Hall–Kier alpha value is -3.98. The molecule has 37 heavy (non-hydrogen) atoms. The van der Waals surface area contributed by atoms with Gasteiger partial charge in [0.2, 0.25) is 5.91 Å². The number of likely N-dealkylation sites (tertiary alicyclic amines) is 1. The average molecular weight is 516 g/mol. The van der Waals surface area contributed by atoms with Crippen molar-refractivity contribution in [3.63, 3.8) is 0 Å². The van der Waals surface area contributed by atoms with Crippen LogP contribution < -0.4 is 10.6 Å². The fraction of sp³-hybridized carbons (Fsp3) is 0.250. The van der Waals surface area contributed by atoms with Gasteiger partial charge in [-0.2, -0.15) is 0 Å². The average Bonchev–Trinajstić information content (AvgIpc) is 2.89. The maximum absolute atomic E-state index is 12.7. The van der Waals surface area contributed by atoms with E-state index in [0.717, 1.165) is 31.6 Å². The Kier molecular flexibility index (Phi) is 6.55. The van der Waals surface area contributed by atoms with Crippen LogP contribution >= 0.6 is 0 Å². The number of aromatic nitrogens is 1. The first-order valence-corrected chi connectivity index (χ1v) is 14.0. The molecule has 2 aromatic carbocycles. The minimum Gasteiger partial charge on any atom is -0.343 e. The van der Waals surface area contributed by atoms with Crippen molar-refractivity contribution in [2.24, 2.45) is 0 Å². The monoisotopic (exact) mass is 515 g/mol. The summed E-state index contributed by atoms with van der Waals surface area (Å²) in [4.78, 5) is 31.1. The molecule has 1 N–H and O–H groups in total. The van der Waals surface area contributed by atoms with Crippen LogP contribution in [0.4, 0.5) is 11.5 Å². The van der Waals surface area contributed by atoms with Crippen LogP contribution in [0, 0.1) is 0 Å². The number of amides is 2. The van der Waals surface area contributed by atoms with Gasteiger partial charge in [-0.05, 0) is 66.3 Å². The lowest BCUT2D eigenvalue weighted by Gasteiger charge is -2.31. The summed E-state index contributed by atoms with van der Waals surface area (Å²) in [6, 6.07) is 16.4. The van der Waals surface area contributed by atoms with Crippen molar-refractivity contribution in [2.75, 3.05) is 24.7 Å². The normalized spacial score (nSPS) is 15.7. The molecule has 1 fully saturated rings. The SMILES string of the molecule is CC(=O)N1CCC(c2ccc(Nc3nc(-c4cccc(S(C)(=O)=O)c4)cc4c3C(=O)[N]C=C4)cc2)CC1. The lowest BCUT2D eigenvalue weighted by molar-refractivity contribution is -0.129. The Bertz CT molecular complexity index is 1510. The summed E-state index contributed by atoms with van der Waals surface area (Å²) in [6.45, 7) is 3.14. The van der Waals surface area contributed by atoms with Gasteiger partial charge in [-0.25, -0.2) is 18.7 Å². The number of pyridine rings is 1. The molecule has 2 amide bonds. The topological polar surface area (TPSA) is 111 Å². The molecule has 0 saturated carbocycles. The third kappa shape index (κ3) is 5.27. The molecular weight excluding hydrogens is 488 g/mol. The number of rotatable bonds is 5. The Morgan fingerprint density at radius 3 is 2.46 bits per heavy atom. The van der Waals surface area contributed by atoms with Gasteiger partial charge in [-0.3, -0.25) is 9.59 Å². The van der Waals surface area contributed by atoms with Crippen LogP contribution in [0.2, 0.25) is 0 Å². The summed E-state index contributed by atoms with van der Waals surface area (Å²) in [5.74, 6) is 0.484. The molecule has 9 heteroatoms. The van der Waals surface area contributed by atoms with E-state index in [0.29, 0.717) is 34.1 Å². The molecule has 189 valence electrons. The number of piperidine rings is 1. The molecular formula is C28H27N4O4S. The number of anilines is 2. The summed E-state index contributed by atoms with van der Waals surface area (Å²) in [5, 5.41) is 7.18. The zero-order valence-corrected chi connectivity index (χ0v) is 21.5. The predicted molar refractivity (Wildman–Crippen MR) is 142 cm³/mol. The van der Waals surface area contributed by atoms with Gasteiger partial charge in [-0.15, -0.1) is 0 Å². The van der Waals surface area contributed by atoms with Crippen molar-refractivity contribution >= 4 is 39.2 Å². The second-order valence-corrected chi connectivity index (χ2v) is 11.4. The van der Waals surface area contributed by atoms with E-state index in [1.807, 2.05) is 17.0 Å². The van der Waals surface area contributed by atoms with Crippen molar-refractivity contribution in [1.29, 1.82) is 0 Å². The molecule has 0 unspecified atom stereocenters. The third-order valence-electron chi connectivity index (χ3n) is 6.85. The minimum absolute atomic E-state index is 0.121. The van der Waals surface area contributed by atoms with E-state index in [9.17, 15) is 18.0 Å². The number of hydrogen-bond acceptors (Lipinski definition) is 6. The lowest BCUT2D eigenvalue weighted by atomic mass is 9.89. The first-order chi connectivity index (χ1) is 17.7. The van der Waals surface area contributed by atoms with Crippen LogP contribution in [0.3, 0.4) is 0 Å². The van der Waals surface area contributed by atoms with Gasteiger partial charge in [-0.1, -0.05) is 24.3 Å². The predicted octanol–water partition coefficient (Wildman–Crippen LogP) is 4.35. The number of carbonyl (C=O) groups excluding carboxylic acids is 2. The van der Waals surface area contributed by atoms with Crippen molar-refractivity contribution in [2.45, 2.75) is 30.6 Å². The molecule has 0 aliphatic carbocycles. The van der Waals surface area contributed by atoms with E-state index in [4.69, 9.17) is 4.98 Å². The Labute approximate surface area is 216 Å². The van der Waals surface area contributed by atoms with Crippen LogP contribution in [0.15, 0.2) is 65.7 Å². The van der Waals surface area contributed by atoms with E-state index >= 15 is 0 Å². The molecule has 1 radical (unpaired) electrons. The van der Waals surface area contributed by atoms with Crippen LogP contribution in [0.25, 0.3) is 17.3 Å². The highest BCUT2D eigenvalue weighted by Gasteiger charge is 2.24. The van der Waals surface area contributed by atoms with Crippen molar-refractivity contribution in [1.82, 2.24) is 15.2 Å². The summed E-state index contributed by atoms with van der Waals surface area (Å²) >= 11 is 0. The molecule has 0 spiro atoms. The van der Waals surface area contributed by atoms with Crippen LogP contribution in [-0.2, 0) is 14.6 Å². The first kappa shape index (κ1) is 24.7. The molecule has 5 rings (SSSR count). The molecule has 2 aliphatic heterocycles. The van der Waals surface area contributed by atoms with Crippen molar-refractivity contribution in [3.8, 4) is 11.3 Å². The maximum atomic E-state index is 12.7. The Morgan fingerprint density at radius 2 is 1.78 bits per heavy atom. The second kappa shape index (κ2) is 9.82. The fourth-order valence-corrected chi connectivity index (χ4v) is 5.47. The fourth-order valence-electron chi connectivity index (χ4n) is 4.80. The van der Waals surface area contributed by atoms with Crippen LogP contribution in [0.1, 0.15) is 47.2 Å². The van der Waals surface area contributed by atoms with E-state index in [1.165, 1.54) is 18.0 Å². The van der Waals surface area contributed by atoms with Crippen molar-refractivity contribution < 1.29 is 18.0 Å². The molecule has 0 bridgehead atoms. The quantitative estimate of drug-likeness (QED) is 0.541.